The summed E-state index contributed by atoms with van der Waals surface area (Å²) in [6.45, 7) is 5.47. The Balaban J connectivity index is 1.43. The van der Waals surface area contributed by atoms with Gasteiger partial charge >= 0.3 is 0 Å². The van der Waals surface area contributed by atoms with E-state index in [1.54, 1.807) is 4.68 Å². The molecule has 0 aliphatic carbocycles. The first-order valence-electron chi connectivity index (χ1n) is 9.22. The molecule has 0 spiro atoms. The van der Waals surface area contributed by atoms with Crippen LogP contribution in [0.1, 0.15) is 11.3 Å². The average Bonchev–Trinajstić information content (AvgIpc) is 3.02. The molecule has 0 unspecified atom stereocenters. The van der Waals surface area contributed by atoms with Gasteiger partial charge in [-0.15, -0.1) is 0 Å². The molecule has 28 heavy (non-hydrogen) atoms. The molecule has 3 aromatic rings. The molecule has 1 aromatic heterocycles. The maximum absolute atomic E-state index is 6.57. The summed E-state index contributed by atoms with van der Waals surface area (Å²) in [5.41, 5.74) is 3.84. The fraction of sp³-hybridized carbons (Fsp3) is 0.238. The first kappa shape index (κ1) is 18.8. The van der Waals surface area contributed by atoms with Crippen LogP contribution in [0, 0.1) is 6.92 Å². The minimum Gasteiger partial charge on any atom is -0.368 e. The highest BCUT2D eigenvalue weighted by molar-refractivity contribution is 6.32. The molecular weight excluding hydrogens is 393 g/mol. The van der Waals surface area contributed by atoms with Crippen molar-refractivity contribution in [3.63, 3.8) is 0 Å². The Labute approximate surface area is 174 Å². The molecule has 0 bridgehead atoms. The van der Waals surface area contributed by atoms with E-state index >= 15 is 0 Å². The number of rotatable bonds is 4. The van der Waals surface area contributed by atoms with Crippen molar-refractivity contribution in [3.05, 3.63) is 76.0 Å². The number of piperazine rings is 1. The molecule has 144 valence electrons. The van der Waals surface area contributed by atoms with E-state index in [0.717, 1.165) is 48.1 Å². The van der Waals surface area contributed by atoms with Crippen molar-refractivity contribution in [1.29, 1.82) is 0 Å². The topological polar surface area (TPSA) is 36.7 Å². The lowest BCUT2D eigenvalue weighted by molar-refractivity contribution is 0.272. The number of aryl methyl sites for hydroxylation is 1. The zero-order chi connectivity index (χ0) is 19.5. The molecule has 0 N–H and O–H groups in total. The summed E-state index contributed by atoms with van der Waals surface area (Å²) in [6.07, 6.45) is 1.82. The Hall–Kier alpha value is -2.50. The van der Waals surface area contributed by atoms with Gasteiger partial charge in [-0.25, -0.2) is 4.68 Å². The zero-order valence-corrected chi connectivity index (χ0v) is 17.1. The molecule has 1 saturated heterocycles. The van der Waals surface area contributed by atoms with Crippen molar-refractivity contribution in [2.75, 3.05) is 31.1 Å². The van der Waals surface area contributed by atoms with Crippen LogP contribution < -0.4 is 4.90 Å². The zero-order valence-electron chi connectivity index (χ0n) is 15.6. The fourth-order valence-electron chi connectivity index (χ4n) is 3.26. The fourth-order valence-corrected chi connectivity index (χ4v) is 3.71. The Morgan fingerprint density at radius 1 is 0.893 bits per heavy atom. The standard InChI is InChI=1S/C21H21Cl2N5/c1-16-20(21(23)28(25-16)19-5-3-2-4-6-19)15-24-27-13-11-26(12-14-27)18-9-7-17(22)8-10-18/h2-10,15H,11-14H2,1H3/b24-15+. The van der Waals surface area contributed by atoms with Crippen molar-refractivity contribution in [3.8, 4) is 5.69 Å². The number of anilines is 1. The molecule has 1 fully saturated rings. The van der Waals surface area contributed by atoms with Gasteiger partial charge in [0, 0.05) is 23.8 Å². The molecule has 1 aliphatic heterocycles. The van der Waals surface area contributed by atoms with E-state index in [0.29, 0.717) is 5.15 Å². The maximum Gasteiger partial charge on any atom is 0.142 e. The SMILES string of the molecule is Cc1nn(-c2ccccc2)c(Cl)c1/C=N/N1CCN(c2ccc(Cl)cc2)CC1. The number of hydrazone groups is 1. The lowest BCUT2D eigenvalue weighted by Crippen LogP contribution is -2.44. The van der Waals surface area contributed by atoms with Crippen LogP contribution in [0.3, 0.4) is 0 Å². The van der Waals surface area contributed by atoms with Gasteiger partial charge in [0.15, 0.2) is 0 Å². The van der Waals surface area contributed by atoms with Gasteiger partial charge in [-0.3, -0.25) is 5.01 Å². The van der Waals surface area contributed by atoms with Gasteiger partial charge in [0.25, 0.3) is 0 Å². The minimum atomic E-state index is 0.576. The molecular formula is C21H21Cl2N5. The lowest BCUT2D eigenvalue weighted by atomic mass is 10.2. The summed E-state index contributed by atoms with van der Waals surface area (Å²) < 4.78 is 1.75. The van der Waals surface area contributed by atoms with Crippen molar-refractivity contribution in [2.45, 2.75) is 6.92 Å². The Kier molecular flexibility index (Phi) is 5.55. The largest absolute Gasteiger partial charge is 0.368 e. The predicted molar refractivity (Wildman–Crippen MR) is 116 cm³/mol. The molecule has 4 rings (SSSR count). The third kappa shape index (κ3) is 4.01. The van der Waals surface area contributed by atoms with Gasteiger partial charge in [-0.2, -0.15) is 10.2 Å². The second-order valence-corrected chi connectivity index (χ2v) is 7.49. The number of nitrogens with zero attached hydrogens (tertiary/aromatic N) is 5. The van der Waals surface area contributed by atoms with Gasteiger partial charge in [-0.05, 0) is 43.3 Å². The van der Waals surface area contributed by atoms with E-state index in [-0.39, 0.29) is 0 Å². The number of para-hydroxylation sites is 1. The highest BCUT2D eigenvalue weighted by Gasteiger charge is 2.17. The minimum absolute atomic E-state index is 0.576. The van der Waals surface area contributed by atoms with Crippen LogP contribution in [0.25, 0.3) is 5.69 Å². The van der Waals surface area contributed by atoms with Crippen molar-refractivity contribution in [1.82, 2.24) is 14.8 Å². The molecule has 2 aromatic carbocycles. The summed E-state index contributed by atoms with van der Waals surface area (Å²) in [6, 6.07) is 17.8. The third-order valence-electron chi connectivity index (χ3n) is 4.85. The molecule has 0 amide bonds. The normalized spacial score (nSPS) is 14.8. The molecule has 0 radical (unpaired) electrons. The summed E-state index contributed by atoms with van der Waals surface area (Å²) in [5.74, 6) is 0. The van der Waals surface area contributed by atoms with Gasteiger partial charge in [0.1, 0.15) is 5.15 Å². The van der Waals surface area contributed by atoms with Crippen LogP contribution in [-0.2, 0) is 0 Å². The van der Waals surface area contributed by atoms with Crippen molar-refractivity contribution < 1.29 is 0 Å². The van der Waals surface area contributed by atoms with Crippen LogP contribution in [0.15, 0.2) is 59.7 Å². The summed E-state index contributed by atoms with van der Waals surface area (Å²) in [4.78, 5) is 2.34. The van der Waals surface area contributed by atoms with E-state index < -0.39 is 0 Å². The van der Waals surface area contributed by atoms with Crippen LogP contribution >= 0.6 is 23.2 Å². The van der Waals surface area contributed by atoms with Crippen LogP contribution in [0.4, 0.5) is 5.69 Å². The first-order valence-corrected chi connectivity index (χ1v) is 9.97. The van der Waals surface area contributed by atoms with Gasteiger partial charge in [-0.1, -0.05) is 41.4 Å². The van der Waals surface area contributed by atoms with Gasteiger partial charge < -0.3 is 4.90 Å². The molecule has 7 heteroatoms. The monoisotopic (exact) mass is 413 g/mol. The van der Waals surface area contributed by atoms with Gasteiger partial charge in [0.05, 0.1) is 36.2 Å². The van der Waals surface area contributed by atoms with E-state index in [9.17, 15) is 0 Å². The number of halogens is 2. The highest BCUT2D eigenvalue weighted by atomic mass is 35.5. The van der Waals surface area contributed by atoms with Crippen LogP contribution in [0.5, 0.6) is 0 Å². The lowest BCUT2D eigenvalue weighted by Gasteiger charge is -2.34. The number of hydrogen-bond donors (Lipinski definition) is 0. The van der Waals surface area contributed by atoms with E-state index in [1.165, 1.54) is 5.69 Å². The van der Waals surface area contributed by atoms with E-state index in [1.807, 2.05) is 55.6 Å². The number of hydrogen-bond acceptors (Lipinski definition) is 4. The second kappa shape index (κ2) is 8.25. The second-order valence-electron chi connectivity index (χ2n) is 6.70. The summed E-state index contributed by atoms with van der Waals surface area (Å²) >= 11 is 12.5. The quantitative estimate of drug-likeness (QED) is 0.584. The van der Waals surface area contributed by atoms with Crippen LogP contribution in [-0.4, -0.2) is 47.2 Å². The van der Waals surface area contributed by atoms with E-state index in [4.69, 9.17) is 23.2 Å². The molecule has 0 atom stereocenters. The number of aromatic nitrogens is 2. The molecule has 1 aliphatic rings. The highest BCUT2D eigenvalue weighted by Crippen LogP contribution is 2.23. The average molecular weight is 414 g/mol. The van der Waals surface area contributed by atoms with Crippen molar-refractivity contribution >= 4 is 35.1 Å². The smallest absolute Gasteiger partial charge is 0.142 e. The Bertz CT molecular complexity index is 958. The van der Waals surface area contributed by atoms with E-state index in [2.05, 4.69) is 32.2 Å². The Morgan fingerprint density at radius 2 is 1.57 bits per heavy atom. The first-order chi connectivity index (χ1) is 13.6. The van der Waals surface area contributed by atoms with Crippen LogP contribution in [0.2, 0.25) is 10.2 Å². The number of benzene rings is 2. The molecule has 2 heterocycles. The maximum atomic E-state index is 6.57. The Morgan fingerprint density at radius 3 is 2.25 bits per heavy atom. The van der Waals surface area contributed by atoms with Crippen molar-refractivity contribution in [2.24, 2.45) is 5.10 Å². The summed E-state index contributed by atoms with van der Waals surface area (Å²) in [5, 5.41) is 12.6. The van der Waals surface area contributed by atoms with Gasteiger partial charge in [0.2, 0.25) is 0 Å². The third-order valence-corrected chi connectivity index (χ3v) is 5.46. The summed E-state index contributed by atoms with van der Waals surface area (Å²) in [7, 11) is 0. The molecule has 0 saturated carbocycles. The predicted octanol–water partition coefficient (Wildman–Crippen LogP) is 4.64. The molecule has 5 nitrogen and oxygen atoms in total.